The van der Waals surface area contributed by atoms with E-state index in [1.165, 1.54) is 24.5 Å². The highest BCUT2D eigenvalue weighted by Crippen LogP contribution is 2.26. The molecule has 0 aliphatic heterocycles. The predicted octanol–water partition coefficient (Wildman–Crippen LogP) is 0.919. The van der Waals surface area contributed by atoms with Crippen molar-refractivity contribution in [1.29, 1.82) is 0 Å². The van der Waals surface area contributed by atoms with Gasteiger partial charge < -0.3 is 10.4 Å². The maximum absolute atomic E-state index is 12.3. The van der Waals surface area contributed by atoms with Crippen molar-refractivity contribution in [2.75, 3.05) is 5.32 Å². The number of carbonyl (C=O) groups excluding carboxylic acids is 1. The second-order valence-electron chi connectivity index (χ2n) is 5.22. The molecule has 25 heavy (non-hydrogen) atoms. The standard InChI is InChI=1S/C16H12BN5O3/c1-8-18-6-10(7-19-8)13-12(16(24)25)14(22-21-13)20-15(23)9-2-4-11(17)5-3-9/h2-7H,1H3,(H,24,25)(H2,20,21,22,23). The molecule has 9 heteroatoms. The fraction of sp³-hybridized carbons (Fsp3) is 0.0625. The van der Waals surface area contributed by atoms with Gasteiger partial charge in [-0.2, -0.15) is 5.10 Å². The SMILES string of the molecule is [B]c1ccc(C(=O)Nc2n[nH]c(-c3cnc(C)nc3)c2C(=O)O)cc1. The third kappa shape index (κ3) is 3.39. The summed E-state index contributed by atoms with van der Waals surface area (Å²) in [4.78, 5) is 32.0. The highest BCUT2D eigenvalue weighted by atomic mass is 16.4. The molecule has 1 aromatic carbocycles. The number of hydrogen-bond acceptors (Lipinski definition) is 5. The average molecular weight is 333 g/mol. The first-order valence-electron chi connectivity index (χ1n) is 7.23. The van der Waals surface area contributed by atoms with Crippen molar-refractivity contribution in [2.45, 2.75) is 6.92 Å². The lowest BCUT2D eigenvalue weighted by Gasteiger charge is -2.05. The summed E-state index contributed by atoms with van der Waals surface area (Å²) in [6, 6.07) is 6.22. The van der Waals surface area contributed by atoms with Crippen LogP contribution in [0.4, 0.5) is 5.82 Å². The fourth-order valence-corrected chi connectivity index (χ4v) is 2.19. The van der Waals surface area contributed by atoms with Gasteiger partial charge in [0.05, 0.1) is 5.69 Å². The maximum Gasteiger partial charge on any atom is 0.341 e. The lowest BCUT2D eigenvalue weighted by atomic mass is 9.95. The van der Waals surface area contributed by atoms with Crippen molar-refractivity contribution in [3.8, 4) is 11.3 Å². The number of aromatic nitrogens is 4. The molecule has 0 atom stereocenters. The van der Waals surface area contributed by atoms with Crippen molar-refractivity contribution < 1.29 is 14.7 Å². The Morgan fingerprint density at radius 3 is 2.40 bits per heavy atom. The number of nitrogens with zero attached hydrogens (tertiary/aromatic N) is 3. The van der Waals surface area contributed by atoms with Crippen LogP contribution in [0.5, 0.6) is 0 Å². The van der Waals surface area contributed by atoms with Gasteiger partial charge in [-0.3, -0.25) is 9.89 Å². The van der Waals surface area contributed by atoms with E-state index in [1.807, 2.05) is 0 Å². The van der Waals surface area contributed by atoms with E-state index in [4.69, 9.17) is 7.85 Å². The zero-order chi connectivity index (χ0) is 18.0. The van der Waals surface area contributed by atoms with Gasteiger partial charge in [0.1, 0.15) is 19.2 Å². The van der Waals surface area contributed by atoms with Crippen molar-refractivity contribution in [3.63, 3.8) is 0 Å². The Morgan fingerprint density at radius 2 is 1.80 bits per heavy atom. The summed E-state index contributed by atoms with van der Waals surface area (Å²) in [5, 5.41) is 18.5. The van der Waals surface area contributed by atoms with Crippen molar-refractivity contribution in [3.05, 3.63) is 53.6 Å². The van der Waals surface area contributed by atoms with Crippen LogP contribution in [0.3, 0.4) is 0 Å². The van der Waals surface area contributed by atoms with Crippen LogP contribution >= 0.6 is 0 Å². The van der Waals surface area contributed by atoms with Gasteiger partial charge in [0.2, 0.25) is 0 Å². The summed E-state index contributed by atoms with van der Waals surface area (Å²) in [5.41, 5.74) is 1.33. The van der Waals surface area contributed by atoms with Crippen molar-refractivity contribution >= 4 is 31.0 Å². The molecule has 0 spiro atoms. The van der Waals surface area contributed by atoms with Crippen LogP contribution in [0, 0.1) is 6.92 Å². The molecule has 0 saturated carbocycles. The molecular weight excluding hydrogens is 321 g/mol. The highest BCUT2D eigenvalue weighted by Gasteiger charge is 2.23. The maximum atomic E-state index is 12.3. The van der Waals surface area contributed by atoms with Crippen molar-refractivity contribution in [2.24, 2.45) is 0 Å². The second-order valence-corrected chi connectivity index (χ2v) is 5.22. The van der Waals surface area contributed by atoms with Crippen LogP contribution in [0.1, 0.15) is 26.5 Å². The Labute approximate surface area is 143 Å². The molecular formula is C16H12BN5O3. The minimum atomic E-state index is -1.24. The summed E-state index contributed by atoms with van der Waals surface area (Å²) >= 11 is 0. The lowest BCUT2D eigenvalue weighted by Crippen LogP contribution is -2.15. The Hall–Kier alpha value is -3.49. The molecule has 0 bridgehead atoms. The van der Waals surface area contributed by atoms with E-state index in [1.54, 1.807) is 19.1 Å². The molecule has 0 fully saturated rings. The molecule has 3 aromatic rings. The molecule has 0 aliphatic carbocycles. The molecule has 2 aromatic heterocycles. The number of hydrogen-bond donors (Lipinski definition) is 3. The number of benzene rings is 1. The van der Waals surface area contributed by atoms with E-state index in [0.29, 0.717) is 22.4 Å². The molecule has 0 saturated heterocycles. The Balaban J connectivity index is 1.94. The first-order valence-corrected chi connectivity index (χ1v) is 7.23. The van der Waals surface area contributed by atoms with Gasteiger partial charge >= 0.3 is 5.97 Å². The van der Waals surface area contributed by atoms with Crippen LogP contribution < -0.4 is 10.8 Å². The van der Waals surface area contributed by atoms with Gasteiger partial charge in [0, 0.05) is 23.5 Å². The fourth-order valence-electron chi connectivity index (χ4n) is 2.19. The summed E-state index contributed by atoms with van der Waals surface area (Å²) < 4.78 is 0. The predicted molar refractivity (Wildman–Crippen MR) is 91.1 cm³/mol. The molecule has 8 nitrogen and oxygen atoms in total. The first-order chi connectivity index (χ1) is 12.0. The average Bonchev–Trinajstić information content (AvgIpc) is 3.00. The Bertz CT molecular complexity index is 935. The third-order valence-electron chi connectivity index (χ3n) is 3.45. The third-order valence-corrected chi connectivity index (χ3v) is 3.45. The zero-order valence-corrected chi connectivity index (χ0v) is 13.1. The molecule has 0 unspecified atom stereocenters. The molecule has 122 valence electrons. The number of H-pyrrole nitrogens is 1. The van der Waals surface area contributed by atoms with Gasteiger partial charge in [-0.1, -0.05) is 29.7 Å². The Morgan fingerprint density at radius 1 is 1.16 bits per heavy atom. The number of aryl methyl sites for hydroxylation is 1. The van der Waals surface area contributed by atoms with E-state index in [2.05, 4.69) is 25.5 Å². The summed E-state index contributed by atoms with van der Waals surface area (Å²) in [6.45, 7) is 1.72. The van der Waals surface area contributed by atoms with Crippen molar-refractivity contribution in [1.82, 2.24) is 20.2 Å². The normalized spacial score (nSPS) is 10.4. The van der Waals surface area contributed by atoms with Crippen LogP contribution in [-0.4, -0.2) is 45.0 Å². The number of amides is 1. The number of carbonyl (C=O) groups is 2. The van der Waals surface area contributed by atoms with Gasteiger partial charge in [-0.05, 0) is 6.92 Å². The molecule has 3 N–H and O–H groups in total. The number of carboxylic acids is 1. The summed E-state index contributed by atoms with van der Waals surface area (Å²) in [6.07, 6.45) is 2.96. The largest absolute Gasteiger partial charge is 0.477 e. The number of aromatic carboxylic acids is 1. The number of rotatable bonds is 4. The molecule has 1 amide bonds. The highest BCUT2D eigenvalue weighted by molar-refractivity contribution is 6.32. The topological polar surface area (TPSA) is 121 Å². The van der Waals surface area contributed by atoms with E-state index in [9.17, 15) is 14.7 Å². The molecule has 3 rings (SSSR count). The van der Waals surface area contributed by atoms with Gasteiger partial charge in [-0.15, -0.1) is 0 Å². The molecule has 0 aliphatic rings. The minimum Gasteiger partial charge on any atom is -0.477 e. The molecule has 2 heterocycles. The molecule has 2 radical (unpaired) electrons. The van der Waals surface area contributed by atoms with Gasteiger partial charge in [-0.25, -0.2) is 14.8 Å². The second kappa shape index (κ2) is 6.56. The van der Waals surface area contributed by atoms with E-state index < -0.39 is 11.9 Å². The van der Waals surface area contributed by atoms with E-state index >= 15 is 0 Å². The smallest absolute Gasteiger partial charge is 0.341 e. The van der Waals surface area contributed by atoms with Crippen LogP contribution in [0.2, 0.25) is 0 Å². The van der Waals surface area contributed by atoms with Crippen LogP contribution in [0.15, 0.2) is 36.7 Å². The number of nitrogens with one attached hydrogen (secondary N) is 2. The quantitative estimate of drug-likeness (QED) is 0.611. The number of carboxylic acid groups (broad SMARTS) is 1. The Kier molecular flexibility index (Phi) is 4.30. The zero-order valence-electron chi connectivity index (χ0n) is 13.1. The first kappa shape index (κ1) is 16.4. The van der Waals surface area contributed by atoms with Crippen LogP contribution in [-0.2, 0) is 0 Å². The van der Waals surface area contributed by atoms with E-state index in [-0.39, 0.29) is 17.1 Å². The van der Waals surface area contributed by atoms with Gasteiger partial charge in [0.25, 0.3) is 5.91 Å². The number of anilines is 1. The lowest BCUT2D eigenvalue weighted by molar-refractivity contribution is 0.0699. The number of aromatic amines is 1. The summed E-state index contributed by atoms with van der Waals surface area (Å²) in [7, 11) is 5.58. The van der Waals surface area contributed by atoms with Crippen LogP contribution in [0.25, 0.3) is 11.3 Å². The van der Waals surface area contributed by atoms with E-state index in [0.717, 1.165) is 0 Å². The monoisotopic (exact) mass is 333 g/mol. The summed E-state index contributed by atoms with van der Waals surface area (Å²) in [5.74, 6) is -1.28. The minimum absolute atomic E-state index is 0.0927. The van der Waals surface area contributed by atoms with Gasteiger partial charge in [0.15, 0.2) is 5.82 Å².